The van der Waals surface area contributed by atoms with E-state index in [1.807, 2.05) is 24.3 Å². The fourth-order valence-corrected chi connectivity index (χ4v) is 6.18. The lowest BCUT2D eigenvalue weighted by atomic mass is 10.0. The zero-order valence-electron chi connectivity index (χ0n) is 24.1. The van der Waals surface area contributed by atoms with Crippen molar-refractivity contribution in [2.45, 2.75) is 117 Å². The zero-order chi connectivity index (χ0) is 26.6. The first-order valence-electron chi connectivity index (χ1n) is 14.8. The number of para-hydroxylation sites is 2. The first kappa shape index (κ1) is 31.4. The molecule has 0 saturated heterocycles. The molecule has 0 aliphatic carbocycles. The molecule has 0 unspecified atom stereocenters. The van der Waals surface area contributed by atoms with Crippen molar-refractivity contribution in [1.29, 1.82) is 0 Å². The monoisotopic (exact) mass is 528 g/mol. The van der Waals surface area contributed by atoms with E-state index in [1.165, 1.54) is 88.2 Å². The number of unbranched alkanes of at least 4 members (excludes halogenated alkanes) is 12. The van der Waals surface area contributed by atoms with Crippen molar-refractivity contribution in [3.63, 3.8) is 0 Å². The van der Waals surface area contributed by atoms with E-state index in [4.69, 9.17) is 17.7 Å². The number of hydrogen-bond donors (Lipinski definition) is 0. The van der Waals surface area contributed by atoms with Crippen LogP contribution in [0.1, 0.15) is 115 Å². The molecule has 0 aliphatic heterocycles. The van der Waals surface area contributed by atoms with Gasteiger partial charge in [-0.25, -0.2) is 0 Å². The molecular formula is C32H52O4Si. The number of hydrogen-bond acceptors (Lipinski definition) is 4. The van der Waals surface area contributed by atoms with Crippen LogP contribution in [0.3, 0.4) is 0 Å². The average molecular weight is 529 g/mol. The molecule has 0 amide bonds. The lowest BCUT2D eigenvalue weighted by molar-refractivity contribution is 0.0817. The van der Waals surface area contributed by atoms with Crippen LogP contribution in [0.4, 0.5) is 0 Å². The summed E-state index contributed by atoms with van der Waals surface area (Å²) in [5.74, 6) is 1.60. The normalized spacial score (nSPS) is 11.6. The highest BCUT2D eigenvalue weighted by Crippen LogP contribution is 2.29. The minimum atomic E-state index is -3.43. The number of benzene rings is 2. The fraction of sp³-hybridized carbons (Fsp3) is 0.625. The van der Waals surface area contributed by atoms with Crippen LogP contribution in [-0.2, 0) is 21.7 Å². The molecule has 0 aliphatic rings. The Morgan fingerprint density at radius 1 is 0.486 bits per heavy atom. The molecule has 4 nitrogen and oxygen atoms in total. The molecule has 0 radical (unpaired) electrons. The van der Waals surface area contributed by atoms with Gasteiger partial charge in [0.1, 0.15) is 11.5 Å². The van der Waals surface area contributed by atoms with E-state index in [0.717, 1.165) is 37.2 Å². The predicted molar refractivity (Wildman–Crippen MR) is 157 cm³/mol. The Morgan fingerprint density at radius 2 is 0.838 bits per heavy atom. The summed E-state index contributed by atoms with van der Waals surface area (Å²) in [6.07, 6.45) is 20.0. The molecule has 5 heteroatoms. The molecule has 0 N–H and O–H groups in total. The van der Waals surface area contributed by atoms with Crippen LogP contribution in [0.2, 0.25) is 0 Å². The van der Waals surface area contributed by atoms with Crippen LogP contribution in [-0.4, -0.2) is 23.3 Å². The van der Waals surface area contributed by atoms with E-state index >= 15 is 0 Å². The van der Waals surface area contributed by atoms with Crippen LogP contribution in [0.5, 0.6) is 11.5 Å². The smallest absolute Gasteiger partial charge is 0.471 e. The van der Waals surface area contributed by atoms with Gasteiger partial charge in [0.15, 0.2) is 0 Å². The summed E-state index contributed by atoms with van der Waals surface area (Å²) in [6, 6.07) is 16.4. The van der Waals surface area contributed by atoms with Crippen LogP contribution < -0.4 is 8.85 Å². The Balaban J connectivity index is 1.98. The molecule has 208 valence electrons. The summed E-state index contributed by atoms with van der Waals surface area (Å²) < 4.78 is 24.6. The van der Waals surface area contributed by atoms with Gasteiger partial charge in [-0.15, -0.1) is 0 Å². The van der Waals surface area contributed by atoms with E-state index in [9.17, 15) is 0 Å². The molecular weight excluding hydrogens is 476 g/mol. The molecule has 0 aromatic heterocycles. The van der Waals surface area contributed by atoms with Crippen molar-refractivity contribution < 1.29 is 17.7 Å². The van der Waals surface area contributed by atoms with Gasteiger partial charge in [0.05, 0.1) is 0 Å². The van der Waals surface area contributed by atoms with Gasteiger partial charge < -0.3 is 17.7 Å². The quantitative estimate of drug-likeness (QED) is 0.113. The van der Waals surface area contributed by atoms with Gasteiger partial charge >= 0.3 is 9.05 Å². The van der Waals surface area contributed by atoms with Gasteiger partial charge in [0, 0.05) is 14.2 Å². The highest BCUT2D eigenvalue weighted by molar-refractivity contribution is 6.55. The molecule has 0 atom stereocenters. The molecule has 0 saturated carbocycles. The molecule has 2 aromatic rings. The van der Waals surface area contributed by atoms with Gasteiger partial charge in [-0.1, -0.05) is 127 Å². The summed E-state index contributed by atoms with van der Waals surface area (Å²) in [5, 5.41) is 0. The summed E-state index contributed by atoms with van der Waals surface area (Å²) in [4.78, 5) is 0. The highest BCUT2D eigenvalue weighted by atomic mass is 28.4. The summed E-state index contributed by atoms with van der Waals surface area (Å²) in [7, 11) is -0.189. The van der Waals surface area contributed by atoms with Crippen molar-refractivity contribution in [1.82, 2.24) is 0 Å². The van der Waals surface area contributed by atoms with Gasteiger partial charge in [0.25, 0.3) is 0 Å². The van der Waals surface area contributed by atoms with Gasteiger partial charge in [-0.2, -0.15) is 0 Å². The lowest BCUT2D eigenvalue weighted by Gasteiger charge is -2.27. The Bertz CT molecular complexity index is 772. The van der Waals surface area contributed by atoms with E-state index in [1.54, 1.807) is 14.2 Å². The largest absolute Gasteiger partial charge is 0.820 e. The van der Waals surface area contributed by atoms with E-state index in [0.29, 0.717) is 0 Å². The van der Waals surface area contributed by atoms with Crippen molar-refractivity contribution >= 4 is 9.05 Å². The third kappa shape index (κ3) is 12.1. The van der Waals surface area contributed by atoms with Gasteiger partial charge in [-0.05, 0) is 48.9 Å². The maximum atomic E-state index is 6.45. The number of rotatable bonds is 22. The fourth-order valence-electron chi connectivity index (χ4n) is 4.71. The molecule has 37 heavy (non-hydrogen) atoms. The molecule has 0 bridgehead atoms. The topological polar surface area (TPSA) is 36.9 Å². The van der Waals surface area contributed by atoms with Crippen molar-refractivity contribution in [3.8, 4) is 11.5 Å². The lowest BCUT2D eigenvalue weighted by Crippen LogP contribution is -2.53. The zero-order valence-corrected chi connectivity index (χ0v) is 25.1. The van der Waals surface area contributed by atoms with Crippen LogP contribution >= 0.6 is 0 Å². The molecule has 0 fully saturated rings. The molecule has 2 rings (SSSR count). The second kappa shape index (κ2) is 19.3. The summed E-state index contributed by atoms with van der Waals surface area (Å²) >= 11 is 0. The Morgan fingerprint density at radius 3 is 1.22 bits per heavy atom. The standard InChI is InChI=1S/C32H52O4Si/c1-5-7-9-11-13-15-17-23-29-25-19-21-27-31(29)35-37(33-3,34-4)36-32-28-22-20-26-30(32)24-18-16-14-12-10-8-6-2/h19-22,25-28H,5-18,23-24H2,1-4H3. The minimum Gasteiger partial charge on any atom is -0.471 e. The van der Waals surface area contributed by atoms with Crippen molar-refractivity contribution in [2.75, 3.05) is 14.2 Å². The SMILES string of the molecule is CCCCCCCCCc1ccccc1O[Si](OC)(OC)Oc1ccccc1CCCCCCCCC. The molecule has 0 heterocycles. The highest BCUT2D eigenvalue weighted by Gasteiger charge is 2.50. The average Bonchev–Trinajstić information content (AvgIpc) is 2.93. The van der Waals surface area contributed by atoms with Gasteiger partial charge in [-0.3, -0.25) is 0 Å². The third-order valence-electron chi connectivity index (χ3n) is 7.01. The summed E-state index contributed by atoms with van der Waals surface area (Å²) in [5.41, 5.74) is 2.36. The van der Waals surface area contributed by atoms with Gasteiger partial charge in [0.2, 0.25) is 0 Å². The van der Waals surface area contributed by atoms with E-state index < -0.39 is 9.05 Å². The molecule has 2 aromatic carbocycles. The van der Waals surface area contributed by atoms with Crippen molar-refractivity contribution in [2.24, 2.45) is 0 Å². The first-order chi connectivity index (χ1) is 18.2. The maximum absolute atomic E-state index is 6.45. The Hall–Kier alpha value is -1.82. The Labute approximate surface area is 228 Å². The number of aryl methyl sites for hydroxylation is 2. The minimum absolute atomic E-state index is 0.799. The van der Waals surface area contributed by atoms with Crippen molar-refractivity contribution in [3.05, 3.63) is 59.7 Å². The predicted octanol–water partition coefficient (Wildman–Crippen LogP) is 9.46. The van der Waals surface area contributed by atoms with E-state index in [-0.39, 0.29) is 0 Å². The first-order valence-corrected chi connectivity index (χ1v) is 16.5. The third-order valence-corrected chi connectivity index (χ3v) is 8.95. The summed E-state index contributed by atoms with van der Waals surface area (Å²) in [6.45, 7) is 4.53. The maximum Gasteiger partial charge on any atom is 0.820 e. The van der Waals surface area contributed by atoms with Crippen LogP contribution in [0.25, 0.3) is 0 Å². The van der Waals surface area contributed by atoms with Crippen LogP contribution in [0, 0.1) is 0 Å². The van der Waals surface area contributed by atoms with Crippen LogP contribution in [0.15, 0.2) is 48.5 Å². The van der Waals surface area contributed by atoms with E-state index in [2.05, 4.69) is 38.1 Å². The second-order valence-electron chi connectivity index (χ2n) is 10.1. The second-order valence-corrected chi connectivity index (χ2v) is 12.3. The molecule has 0 spiro atoms. The Kier molecular flexibility index (Phi) is 16.4.